The van der Waals surface area contributed by atoms with Crippen molar-refractivity contribution in [2.45, 2.75) is 68.2 Å². The summed E-state index contributed by atoms with van der Waals surface area (Å²) in [5, 5.41) is 0. The predicted molar refractivity (Wildman–Crippen MR) is 275 cm³/mol. The molecule has 2 atom stereocenters. The molecule has 2 nitrogen and oxygen atoms in total. The van der Waals surface area contributed by atoms with Gasteiger partial charge in [0.2, 0.25) is 0 Å². The molecule has 0 heterocycles. The predicted octanol–water partition coefficient (Wildman–Crippen LogP) is 17.5. The van der Waals surface area contributed by atoms with Crippen molar-refractivity contribution in [3.63, 3.8) is 0 Å². The lowest BCUT2D eigenvalue weighted by Gasteiger charge is -2.42. The number of hydrogen-bond acceptors (Lipinski definition) is 2. The molecular weight excluding hydrogens is 773 g/mol. The number of nitrogens with zero attached hydrogens (tertiary/aromatic N) is 2. The monoisotopic (exact) mass is 830 g/mol. The average molecular weight is 831 g/mol. The maximum Gasteiger partial charge on any atom is 0.0558 e. The largest absolute Gasteiger partial charge is 0.310 e. The van der Waals surface area contributed by atoms with E-state index in [1.54, 1.807) is 0 Å². The third-order valence-corrected chi connectivity index (χ3v) is 13.8. The van der Waals surface area contributed by atoms with Gasteiger partial charge in [-0.05, 0) is 151 Å². The van der Waals surface area contributed by atoms with E-state index in [2.05, 4.69) is 248 Å². The Hall–Kier alpha value is -6.90. The van der Waals surface area contributed by atoms with Crippen molar-refractivity contribution < 1.29 is 0 Å². The Balaban J connectivity index is 1.31. The van der Waals surface area contributed by atoms with Gasteiger partial charge in [-0.3, -0.25) is 0 Å². The Morgan fingerprint density at radius 3 is 1.42 bits per heavy atom. The summed E-state index contributed by atoms with van der Waals surface area (Å²) in [7, 11) is 0. The van der Waals surface area contributed by atoms with Gasteiger partial charge in [-0.25, -0.2) is 0 Å². The molecule has 7 aromatic rings. The van der Waals surface area contributed by atoms with Crippen LogP contribution in [-0.4, -0.2) is 0 Å². The Bertz CT molecular complexity index is 3090. The van der Waals surface area contributed by atoms with Crippen molar-refractivity contribution in [3.05, 3.63) is 225 Å². The van der Waals surface area contributed by atoms with Crippen LogP contribution >= 0.6 is 0 Å². The summed E-state index contributed by atoms with van der Waals surface area (Å²) in [6.07, 6.45) is 14.8. The first-order chi connectivity index (χ1) is 30.8. The first kappa shape index (κ1) is 41.1. The molecule has 0 radical (unpaired) electrons. The van der Waals surface area contributed by atoms with E-state index in [1.165, 1.54) is 106 Å². The van der Waals surface area contributed by atoms with E-state index in [0.29, 0.717) is 0 Å². The summed E-state index contributed by atoms with van der Waals surface area (Å²) < 4.78 is 0. The smallest absolute Gasteiger partial charge is 0.0558 e. The number of benzene rings is 7. The van der Waals surface area contributed by atoms with E-state index < -0.39 is 0 Å². The minimum atomic E-state index is 0.0387. The van der Waals surface area contributed by atoms with E-state index in [-0.39, 0.29) is 17.3 Å². The second-order valence-corrected chi connectivity index (χ2v) is 19.4. The van der Waals surface area contributed by atoms with Gasteiger partial charge < -0.3 is 9.80 Å². The zero-order valence-electron chi connectivity index (χ0n) is 38.8. The maximum absolute atomic E-state index is 2.55. The summed E-state index contributed by atoms with van der Waals surface area (Å²) in [6, 6.07) is 52.2. The highest BCUT2D eigenvalue weighted by Crippen LogP contribution is 2.57. The second-order valence-electron chi connectivity index (χ2n) is 19.4. The fraction of sp³-hybridized carbons (Fsp3) is 0.194. The van der Waals surface area contributed by atoms with Gasteiger partial charge in [-0.1, -0.05) is 165 Å². The van der Waals surface area contributed by atoms with Crippen molar-refractivity contribution in [2.24, 2.45) is 11.3 Å². The minimum absolute atomic E-state index is 0.0387. The molecule has 0 fully saturated rings. The van der Waals surface area contributed by atoms with Gasteiger partial charge in [0.25, 0.3) is 0 Å². The molecule has 0 aromatic heterocycles. The normalized spacial score (nSPS) is 16.0. The van der Waals surface area contributed by atoms with Crippen LogP contribution in [0.1, 0.15) is 76.8 Å². The molecule has 10 rings (SSSR count). The lowest BCUT2D eigenvalue weighted by atomic mass is 9.65. The van der Waals surface area contributed by atoms with E-state index in [1.807, 2.05) is 0 Å². The lowest BCUT2D eigenvalue weighted by molar-refractivity contribution is 0.499. The molecular formula is C62H58N2. The molecule has 0 aliphatic heterocycles. The van der Waals surface area contributed by atoms with Crippen molar-refractivity contribution in [1.82, 2.24) is 0 Å². The van der Waals surface area contributed by atoms with Gasteiger partial charge in [0.05, 0.1) is 11.4 Å². The third kappa shape index (κ3) is 7.25. The zero-order valence-corrected chi connectivity index (χ0v) is 38.8. The Morgan fingerprint density at radius 1 is 0.453 bits per heavy atom. The van der Waals surface area contributed by atoms with Gasteiger partial charge in [-0.2, -0.15) is 0 Å². The molecule has 0 saturated heterocycles. The summed E-state index contributed by atoms with van der Waals surface area (Å²) in [5.74, 6) is 0.426. The highest BCUT2D eigenvalue weighted by atomic mass is 15.2. The van der Waals surface area contributed by atoms with E-state index in [0.717, 1.165) is 11.4 Å². The molecule has 64 heavy (non-hydrogen) atoms. The van der Waals surface area contributed by atoms with Crippen molar-refractivity contribution in [2.75, 3.05) is 9.80 Å². The lowest BCUT2D eigenvalue weighted by Crippen LogP contribution is -2.27. The van der Waals surface area contributed by atoms with E-state index >= 15 is 0 Å². The molecule has 3 aliphatic rings. The van der Waals surface area contributed by atoms with Crippen LogP contribution in [-0.2, 0) is 0 Å². The maximum atomic E-state index is 2.55. The highest BCUT2D eigenvalue weighted by molar-refractivity contribution is 5.97. The quantitative estimate of drug-likeness (QED) is 0.151. The standard InChI is InChI=1S/C62H58N2/c1-39-18-28-50(29-19-39)63(56-36-45(24-22-43(56)5)52-16-12-10-14-41(52)3)58-38-59(55-33-27-48-35-49(62(7,8)9)34-47-26-32-54(58)61(55)60(47)48)64(51-30-20-40(2)21-31-51)57-37-46(25-23-44(57)6)53-17-13-11-15-42(53)4/h10-38,47,60H,1-9H3. The molecule has 0 spiro atoms. The van der Waals surface area contributed by atoms with Crippen LogP contribution in [0, 0.1) is 52.9 Å². The first-order valence-electron chi connectivity index (χ1n) is 22.9. The van der Waals surface area contributed by atoms with Gasteiger partial charge in [-0.15, -0.1) is 0 Å². The van der Waals surface area contributed by atoms with Gasteiger partial charge in [0, 0.05) is 45.7 Å². The average Bonchev–Trinajstić information content (AvgIpc) is 3.28. The molecule has 0 N–H and O–H groups in total. The minimum Gasteiger partial charge on any atom is -0.310 e. The Morgan fingerprint density at radius 2 is 0.938 bits per heavy atom. The van der Waals surface area contributed by atoms with Crippen molar-refractivity contribution in [3.8, 4) is 22.3 Å². The van der Waals surface area contributed by atoms with Crippen LogP contribution in [0.15, 0.2) is 175 Å². The number of hydrogen-bond donors (Lipinski definition) is 0. The molecule has 316 valence electrons. The number of rotatable bonds is 8. The molecule has 7 aromatic carbocycles. The molecule has 2 heteroatoms. The summed E-state index contributed by atoms with van der Waals surface area (Å²) in [6.45, 7) is 20.3. The zero-order chi connectivity index (χ0) is 44.4. The fourth-order valence-electron chi connectivity index (χ4n) is 10.2. The SMILES string of the molecule is Cc1ccc(N(c2cc(-c3ccccc3C)ccc2C)c2cc(N(c3ccc(C)cc3)c3cc(-c4ccccc4C)ccc3C)c3c4c2C=CC2=CC(C(C)(C)C)=CC(C=C3)C24)cc1. The third-order valence-electron chi connectivity index (χ3n) is 13.8. The summed E-state index contributed by atoms with van der Waals surface area (Å²) in [5.41, 5.74) is 26.1. The van der Waals surface area contributed by atoms with Crippen LogP contribution in [0.2, 0.25) is 0 Å². The molecule has 0 amide bonds. The number of aryl methyl sites for hydroxylation is 6. The molecule has 2 unspecified atom stereocenters. The van der Waals surface area contributed by atoms with Crippen molar-refractivity contribution >= 4 is 46.3 Å². The molecule has 3 aliphatic carbocycles. The Kier molecular flexibility index (Phi) is 10.3. The first-order valence-corrected chi connectivity index (χ1v) is 22.9. The van der Waals surface area contributed by atoms with Gasteiger partial charge in [0.15, 0.2) is 0 Å². The van der Waals surface area contributed by atoms with Gasteiger partial charge in [0.1, 0.15) is 0 Å². The topological polar surface area (TPSA) is 6.48 Å². The number of allylic oxidation sites excluding steroid dienone is 6. The van der Waals surface area contributed by atoms with E-state index in [9.17, 15) is 0 Å². The van der Waals surface area contributed by atoms with Crippen LogP contribution in [0.25, 0.3) is 34.4 Å². The van der Waals surface area contributed by atoms with Gasteiger partial charge >= 0.3 is 0 Å². The summed E-state index contributed by atoms with van der Waals surface area (Å²) in [4.78, 5) is 5.09. The number of anilines is 6. The molecule has 0 saturated carbocycles. The van der Waals surface area contributed by atoms with E-state index in [4.69, 9.17) is 0 Å². The second kappa shape index (κ2) is 16.0. The van der Waals surface area contributed by atoms with Crippen molar-refractivity contribution in [1.29, 1.82) is 0 Å². The van der Waals surface area contributed by atoms with Crippen LogP contribution in [0.4, 0.5) is 34.1 Å². The highest BCUT2D eigenvalue weighted by Gasteiger charge is 2.39. The Labute approximate surface area is 381 Å². The van der Waals surface area contributed by atoms with Crippen LogP contribution < -0.4 is 9.80 Å². The van der Waals surface area contributed by atoms with Crippen LogP contribution in [0.5, 0.6) is 0 Å². The summed E-state index contributed by atoms with van der Waals surface area (Å²) >= 11 is 0. The molecule has 0 bridgehead atoms. The van der Waals surface area contributed by atoms with Crippen LogP contribution in [0.3, 0.4) is 0 Å². The fourth-order valence-corrected chi connectivity index (χ4v) is 10.2.